The average Bonchev–Trinajstić information content (AvgIpc) is 2.75. The number of carbonyl (C=O) groups is 3. The Kier molecular flexibility index (Phi) is 3.55. The van der Waals surface area contributed by atoms with E-state index in [1.807, 2.05) is 5.32 Å². The van der Waals surface area contributed by atoms with Crippen LogP contribution in [0.25, 0.3) is 0 Å². The molecule has 0 aromatic carbocycles. The van der Waals surface area contributed by atoms with Gasteiger partial charge in [-0.3, -0.25) is 24.4 Å². The molecule has 1 aromatic heterocycles. The molecule has 1 aliphatic rings. The smallest absolute Gasteiger partial charge is 0.325 e. The van der Waals surface area contributed by atoms with Crippen molar-refractivity contribution in [1.29, 1.82) is 0 Å². The van der Waals surface area contributed by atoms with Crippen LogP contribution in [0.2, 0.25) is 0 Å². The van der Waals surface area contributed by atoms with Crippen molar-refractivity contribution in [3.63, 3.8) is 0 Å². The second kappa shape index (κ2) is 5.02. The summed E-state index contributed by atoms with van der Waals surface area (Å²) >= 11 is 0. The van der Waals surface area contributed by atoms with Gasteiger partial charge < -0.3 is 5.11 Å². The minimum atomic E-state index is -4.07. The van der Waals surface area contributed by atoms with E-state index in [-0.39, 0.29) is 4.90 Å². The van der Waals surface area contributed by atoms with E-state index >= 15 is 0 Å². The topological polar surface area (TPSA) is 139 Å². The van der Waals surface area contributed by atoms with Gasteiger partial charge in [0.05, 0.1) is 19.3 Å². The van der Waals surface area contributed by atoms with Gasteiger partial charge in [0.2, 0.25) is 21.8 Å². The number of amides is 2. The van der Waals surface area contributed by atoms with E-state index in [9.17, 15) is 22.8 Å². The minimum absolute atomic E-state index is 0.277. The Morgan fingerprint density at radius 3 is 2.50 bits per heavy atom. The molecule has 0 saturated carbocycles. The van der Waals surface area contributed by atoms with E-state index in [0.29, 0.717) is 4.31 Å². The lowest BCUT2D eigenvalue weighted by atomic mass is 10.4. The SMILES string of the molecule is O=C(O)Cn1cc(S(=O)(=O)N2CC(=O)NC(=O)C2)cn1. The van der Waals surface area contributed by atoms with Gasteiger partial charge in [-0.25, -0.2) is 8.42 Å². The van der Waals surface area contributed by atoms with E-state index in [2.05, 4.69) is 5.10 Å². The fourth-order valence-corrected chi connectivity index (χ4v) is 2.94. The number of piperazine rings is 1. The van der Waals surface area contributed by atoms with Crippen molar-refractivity contribution in [3.05, 3.63) is 12.4 Å². The second-order valence-corrected chi connectivity index (χ2v) is 5.95. The molecule has 1 aliphatic heterocycles. The van der Waals surface area contributed by atoms with Crippen molar-refractivity contribution < 1.29 is 27.9 Å². The largest absolute Gasteiger partial charge is 0.480 e. The molecule has 0 spiro atoms. The van der Waals surface area contributed by atoms with Gasteiger partial charge in [0, 0.05) is 6.20 Å². The highest BCUT2D eigenvalue weighted by atomic mass is 32.2. The Morgan fingerprint density at radius 1 is 1.35 bits per heavy atom. The van der Waals surface area contributed by atoms with Crippen LogP contribution in [0.5, 0.6) is 0 Å². The van der Waals surface area contributed by atoms with Crippen molar-refractivity contribution in [1.82, 2.24) is 19.4 Å². The van der Waals surface area contributed by atoms with Crippen LogP contribution in [0.3, 0.4) is 0 Å². The average molecular weight is 302 g/mol. The number of imide groups is 1. The van der Waals surface area contributed by atoms with Gasteiger partial charge in [0.25, 0.3) is 0 Å². The highest BCUT2D eigenvalue weighted by Gasteiger charge is 2.33. The van der Waals surface area contributed by atoms with Crippen molar-refractivity contribution in [3.8, 4) is 0 Å². The molecule has 2 N–H and O–H groups in total. The molecule has 10 nitrogen and oxygen atoms in total. The molecule has 1 aromatic rings. The molecule has 11 heteroatoms. The van der Waals surface area contributed by atoms with Crippen LogP contribution in [0.1, 0.15) is 0 Å². The Labute approximate surface area is 113 Å². The third-order valence-corrected chi connectivity index (χ3v) is 4.21. The minimum Gasteiger partial charge on any atom is -0.480 e. The number of hydrogen-bond acceptors (Lipinski definition) is 6. The summed E-state index contributed by atoms with van der Waals surface area (Å²) in [7, 11) is -4.07. The zero-order valence-electron chi connectivity index (χ0n) is 10.0. The number of carbonyl (C=O) groups excluding carboxylic acids is 2. The maximum Gasteiger partial charge on any atom is 0.325 e. The van der Waals surface area contributed by atoms with Gasteiger partial charge in [-0.15, -0.1) is 0 Å². The lowest BCUT2D eigenvalue weighted by Gasteiger charge is -2.23. The quantitative estimate of drug-likeness (QED) is 0.592. The fourth-order valence-electron chi connectivity index (χ4n) is 1.63. The fraction of sp³-hybridized carbons (Fsp3) is 0.333. The first-order valence-corrected chi connectivity index (χ1v) is 6.80. The molecule has 0 unspecified atom stereocenters. The number of nitrogens with one attached hydrogen (secondary N) is 1. The summed E-state index contributed by atoms with van der Waals surface area (Å²) in [5.74, 6) is -2.62. The number of hydrogen-bond donors (Lipinski definition) is 2. The molecule has 20 heavy (non-hydrogen) atoms. The van der Waals surface area contributed by atoms with Gasteiger partial charge in [0.15, 0.2) is 0 Å². The van der Waals surface area contributed by atoms with E-state index in [1.165, 1.54) is 0 Å². The van der Waals surface area contributed by atoms with Crippen LogP contribution in [-0.4, -0.2) is 58.5 Å². The van der Waals surface area contributed by atoms with Crippen LogP contribution in [-0.2, 0) is 31.0 Å². The summed E-state index contributed by atoms with van der Waals surface area (Å²) in [5.41, 5.74) is 0. The van der Waals surface area contributed by atoms with Gasteiger partial charge in [0.1, 0.15) is 11.4 Å². The first kappa shape index (κ1) is 14.1. The van der Waals surface area contributed by atoms with Crippen molar-refractivity contribution in [2.45, 2.75) is 11.4 Å². The standard InChI is InChI=1S/C9H10N4O6S/c14-7-3-13(4-8(15)11-7)20(18,19)6-1-10-12(2-6)5-9(16)17/h1-2H,3-5H2,(H,16,17)(H,11,14,15). The molecule has 0 bridgehead atoms. The van der Waals surface area contributed by atoms with E-state index in [4.69, 9.17) is 5.11 Å². The highest BCUT2D eigenvalue weighted by molar-refractivity contribution is 7.89. The van der Waals surface area contributed by atoms with Gasteiger partial charge in [-0.2, -0.15) is 9.40 Å². The number of nitrogens with zero attached hydrogens (tertiary/aromatic N) is 3. The van der Waals surface area contributed by atoms with Gasteiger partial charge in [-0.1, -0.05) is 0 Å². The number of aromatic nitrogens is 2. The van der Waals surface area contributed by atoms with Crippen molar-refractivity contribution in [2.75, 3.05) is 13.1 Å². The van der Waals surface area contributed by atoms with Gasteiger partial charge >= 0.3 is 5.97 Å². The first-order chi connectivity index (χ1) is 9.29. The molecule has 1 fully saturated rings. The summed E-state index contributed by atoms with van der Waals surface area (Å²) in [6, 6.07) is 0. The van der Waals surface area contributed by atoms with Crippen LogP contribution >= 0.6 is 0 Å². The van der Waals surface area contributed by atoms with Crippen LogP contribution in [0, 0.1) is 0 Å². The Morgan fingerprint density at radius 2 is 1.95 bits per heavy atom. The predicted octanol–water partition coefficient (Wildman–Crippen LogP) is -2.39. The number of sulfonamides is 1. The molecule has 108 valence electrons. The second-order valence-electron chi connectivity index (χ2n) is 4.01. The molecule has 0 atom stereocenters. The lowest BCUT2D eigenvalue weighted by molar-refractivity contribution is -0.138. The van der Waals surface area contributed by atoms with E-state index in [1.54, 1.807) is 0 Å². The number of carboxylic acids is 1. The molecular formula is C9H10N4O6S. The molecule has 0 radical (unpaired) electrons. The zero-order valence-corrected chi connectivity index (χ0v) is 10.8. The Balaban J connectivity index is 2.25. The summed E-state index contributed by atoms with van der Waals surface area (Å²) in [6.45, 7) is -1.44. The summed E-state index contributed by atoms with van der Waals surface area (Å²) in [4.78, 5) is 32.6. The molecule has 2 rings (SSSR count). The molecule has 2 amide bonds. The monoisotopic (exact) mass is 302 g/mol. The van der Waals surface area contributed by atoms with Crippen LogP contribution in [0.15, 0.2) is 17.3 Å². The normalized spacial score (nSPS) is 17.0. The Bertz CT molecular complexity index is 662. The molecule has 1 saturated heterocycles. The number of carboxylic acid groups (broad SMARTS) is 1. The lowest BCUT2D eigenvalue weighted by Crippen LogP contribution is -2.53. The van der Waals surface area contributed by atoms with Crippen molar-refractivity contribution in [2.24, 2.45) is 0 Å². The summed E-state index contributed by atoms with van der Waals surface area (Å²) < 4.78 is 26.0. The molecule has 0 aliphatic carbocycles. The van der Waals surface area contributed by atoms with E-state index < -0.39 is 47.4 Å². The first-order valence-electron chi connectivity index (χ1n) is 5.36. The van der Waals surface area contributed by atoms with Crippen LogP contribution < -0.4 is 5.32 Å². The third-order valence-electron chi connectivity index (χ3n) is 2.46. The maximum atomic E-state index is 12.2. The number of rotatable bonds is 4. The zero-order chi connectivity index (χ0) is 14.9. The van der Waals surface area contributed by atoms with Crippen LogP contribution in [0.4, 0.5) is 0 Å². The Hall–Kier alpha value is -2.27. The van der Waals surface area contributed by atoms with Crippen molar-refractivity contribution >= 4 is 27.8 Å². The summed E-state index contributed by atoms with van der Waals surface area (Å²) in [5, 5.41) is 14.2. The number of aliphatic carboxylic acids is 1. The van der Waals surface area contributed by atoms with Gasteiger partial charge in [-0.05, 0) is 0 Å². The van der Waals surface area contributed by atoms with E-state index in [0.717, 1.165) is 17.1 Å². The maximum absolute atomic E-state index is 12.2. The molecule has 2 heterocycles. The predicted molar refractivity (Wildman–Crippen MR) is 61.8 cm³/mol. The third kappa shape index (κ3) is 2.83. The molecular weight excluding hydrogens is 292 g/mol. The summed E-state index contributed by atoms with van der Waals surface area (Å²) in [6.07, 6.45) is 2.00. The highest BCUT2D eigenvalue weighted by Crippen LogP contribution is 2.15.